The average Bonchev–Trinajstić information content (AvgIpc) is 2.34. The minimum absolute atomic E-state index is 0.190. The minimum Gasteiger partial charge on any atom is -0.388 e. The van der Waals surface area contributed by atoms with Crippen molar-refractivity contribution in [2.75, 3.05) is 0 Å². The Kier molecular flexibility index (Phi) is 3.24. The molecule has 0 amide bonds. The van der Waals surface area contributed by atoms with E-state index in [9.17, 15) is 0 Å². The van der Waals surface area contributed by atoms with Gasteiger partial charge >= 0.3 is 0 Å². The largest absolute Gasteiger partial charge is 0.388 e. The van der Waals surface area contributed by atoms with Gasteiger partial charge in [0.25, 0.3) is 0 Å². The second kappa shape index (κ2) is 4.22. The highest BCUT2D eigenvalue weighted by molar-refractivity contribution is 7.99. The summed E-state index contributed by atoms with van der Waals surface area (Å²) < 4.78 is 1.60. The number of aromatic nitrogens is 4. The molecule has 1 heterocycles. The molecule has 0 saturated heterocycles. The Morgan fingerprint density at radius 1 is 1.77 bits per heavy atom. The highest BCUT2D eigenvalue weighted by Gasteiger charge is 2.10. The van der Waals surface area contributed by atoms with E-state index in [2.05, 4.69) is 15.5 Å². The second-order valence-electron chi connectivity index (χ2n) is 2.74. The summed E-state index contributed by atoms with van der Waals surface area (Å²) in [4.78, 5) is 0. The first-order valence-electron chi connectivity index (χ1n) is 3.81. The van der Waals surface area contributed by atoms with Gasteiger partial charge in [0, 0.05) is 18.7 Å². The fraction of sp³-hybridized carbons (Fsp3) is 0.667. The Morgan fingerprint density at radius 2 is 2.46 bits per heavy atom. The van der Waals surface area contributed by atoms with Crippen molar-refractivity contribution in [3.8, 4) is 0 Å². The highest BCUT2D eigenvalue weighted by atomic mass is 32.2. The zero-order chi connectivity index (χ0) is 9.84. The number of tetrazole rings is 1. The maximum Gasteiger partial charge on any atom is 0.209 e. The van der Waals surface area contributed by atoms with Gasteiger partial charge in [-0.15, -0.1) is 5.10 Å². The lowest BCUT2D eigenvalue weighted by atomic mass is 10.3. The summed E-state index contributed by atoms with van der Waals surface area (Å²) in [6.45, 7) is 1.99. The maximum absolute atomic E-state index is 7.11. The van der Waals surface area contributed by atoms with Gasteiger partial charge in [0.1, 0.15) is 0 Å². The molecular weight excluding hydrogens is 188 g/mol. The van der Waals surface area contributed by atoms with Crippen LogP contribution in [0.5, 0.6) is 0 Å². The smallest absolute Gasteiger partial charge is 0.209 e. The van der Waals surface area contributed by atoms with Gasteiger partial charge in [-0.05, 0) is 10.4 Å². The molecule has 0 aliphatic carbocycles. The number of hydrogen-bond acceptors (Lipinski definition) is 5. The summed E-state index contributed by atoms with van der Waals surface area (Å²) >= 11 is 1.51. The molecule has 0 radical (unpaired) electrons. The van der Waals surface area contributed by atoms with Crippen LogP contribution in [0.1, 0.15) is 13.3 Å². The molecule has 13 heavy (non-hydrogen) atoms. The quantitative estimate of drug-likeness (QED) is 0.406. The number of thioether (sulfide) groups is 1. The SMILES string of the molecule is CC(CC(=N)N)Sc1nnnn1C. The molecule has 1 unspecified atom stereocenters. The van der Waals surface area contributed by atoms with E-state index in [1.165, 1.54) is 11.8 Å². The third-order valence-electron chi connectivity index (χ3n) is 1.40. The van der Waals surface area contributed by atoms with Crippen LogP contribution < -0.4 is 5.73 Å². The molecule has 0 bridgehead atoms. The first-order valence-corrected chi connectivity index (χ1v) is 4.69. The Bertz CT molecular complexity index is 295. The van der Waals surface area contributed by atoms with Crippen molar-refractivity contribution in [1.29, 1.82) is 5.41 Å². The first-order chi connectivity index (χ1) is 6.09. The molecule has 0 aromatic carbocycles. The molecule has 0 saturated carbocycles. The Hall–Kier alpha value is -1.11. The van der Waals surface area contributed by atoms with Crippen molar-refractivity contribution in [3.63, 3.8) is 0 Å². The summed E-state index contributed by atoms with van der Waals surface area (Å²) in [5.74, 6) is 0.190. The summed E-state index contributed by atoms with van der Waals surface area (Å²) in [5, 5.41) is 19.1. The van der Waals surface area contributed by atoms with Gasteiger partial charge in [0.2, 0.25) is 5.16 Å². The zero-order valence-electron chi connectivity index (χ0n) is 7.56. The molecule has 0 spiro atoms. The van der Waals surface area contributed by atoms with Crippen molar-refractivity contribution >= 4 is 17.6 Å². The van der Waals surface area contributed by atoms with Gasteiger partial charge in [-0.2, -0.15) is 0 Å². The molecular formula is C6H12N6S. The third kappa shape index (κ3) is 3.02. The molecule has 72 valence electrons. The number of nitrogens with zero attached hydrogens (tertiary/aromatic N) is 4. The molecule has 1 atom stereocenters. The van der Waals surface area contributed by atoms with Crippen LogP contribution in [0.4, 0.5) is 0 Å². The fourth-order valence-corrected chi connectivity index (χ4v) is 1.75. The number of rotatable bonds is 4. The van der Waals surface area contributed by atoms with E-state index in [1.54, 1.807) is 11.7 Å². The normalized spacial score (nSPS) is 12.8. The van der Waals surface area contributed by atoms with Gasteiger partial charge < -0.3 is 5.73 Å². The van der Waals surface area contributed by atoms with Crippen LogP contribution in [0.3, 0.4) is 0 Å². The van der Waals surface area contributed by atoms with E-state index in [0.717, 1.165) is 5.16 Å². The lowest BCUT2D eigenvalue weighted by molar-refractivity contribution is 0.663. The molecule has 1 aromatic heterocycles. The number of nitrogens with one attached hydrogen (secondary N) is 1. The summed E-state index contributed by atoms with van der Waals surface area (Å²) in [6.07, 6.45) is 0.553. The number of amidine groups is 1. The average molecular weight is 200 g/mol. The zero-order valence-corrected chi connectivity index (χ0v) is 8.38. The van der Waals surface area contributed by atoms with Gasteiger partial charge in [0.05, 0.1) is 5.84 Å². The van der Waals surface area contributed by atoms with Crippen molar-refractivity contribution in [2.24, 2.45) is 12.8 Å². The number of hydrogen-bond donors (Lipinski definition) is 2. The molecule has 1 aromatic rings. The lowest BCUT2D eigenvalue weighted by Crippen LogP contribution is -2.15. The van der Waals surface area contributed by atoms with Crippen LogP contribution in [0.25, 0.3) is 0 Å². The van der Waals surface area contributed by atoms with Gasteiger partial charge in [-0.3, -0.25) is 5.41 Å². The fourth-order valence-electron chi connectivity index (χ4n) is 0.852. The van der Waals surface area contributed by atoms with E-state index in [-0.39, 0.29) is 11.1 Å². The van der Waals surface area contributed by atoms with Crippen molar-refractivity contribution in [1.82, 2.24) is 20.2 Å². The second-order valence-corrected chi connectivity index (χ2v) is 4.15. The monoisotopic (exact) mass is 200 g/mol. The van der Waals surface area contributed by atoms with Crippen LogP contribution in [-0.2, 0) is 7.05 Å². The van der Waals surface area contributed by atoms with Crippen LogP contribution in [0.15, 0.2) is 5.16 Å². The van der Waals surface area contributed by atoms with E-state index in [1.807, 2.05) is 6.92 Å². The van der Waals surface area contributed by atoms with Gasteiger partial charge in [-0.1, -0.05) is 18.7 Å². The number of aryl methyl sites for hydroxylation is 1. The minimum atomic E-state index is 0.190. The molecule has 1 rings (SSSR count). The van der Waals surface area contributed by atoms with E-state index >= 15 is 0 Å². The van der Waals surface area contributed by atoms with Crippen LogP contribution in [0, 0.1) is 5.41 Å². The van der Waals surface area contributed by atoms with E-state index in [0.29, 0.717) is 6.42 Å². The van der Waals surface area contributed by atoms with Crippen molar-refractivity contribution in [3.05, 3.63) is 0 Å². The third-order valence-corrected chi connectivity index (χ3v) is 2.52. The summed E-state index contributed by atoms with van der Waals surface area (Å²) in [6, 6.07) is 0. The first kappa shape index (κ1) is 9.97. The molecule has 0 fully saturated rings. The van der Waals surface area contributed by atoms with Crippen LogP contribution >= 0.6 is 11.8 Å². The van der Waals surface area contributed by atoms with Crippen LogP contribution in [-0.4, -0.2) is 31.3 Å². The summed E-state index contributed by atoms with van der Waals surface area (Å²) in [5.41, 5.74) is 5.27. The Labute approximate surface area is 80.4 Å². The molecule has 6 nitrogen and oxygen atoms in total. The maximum atomic E-state index is 7.11. The summed E-state index contributed by atoms with van der Waals surface area (Å²) in [7, 11) is 1.78. The molecule has 0 aliphatic heterocycles. The van der Waals surface area contributed by atoms with Crippen molar-refractivity contribution < 1.29 is 0 Å². The molecule has 7 heteroatoms. The highest BCUT2D eigenvalue weighted by Crippen LogP contribution is 2.21. The van der Waals surface area contributed by atoms with Gasteiger partial charge in [0.15, 0.2) is 0 Å². The lowest BCUT2D eigenvalue weighted by Gasteiger charge is -2.07. The standard InChI is InChI=1S/C6H12N6S/c1-4(3-5(7)8)13-6-9-10-11-12(6)2/h4H,3H2,1-2H3,(H3,7,8). The topological polar surface area (TPSA) is 93.5 Å². The Balaban J connectivity index is 2.49. The predicted octanol–water partition coefficient (Wildman–Crippen LogP) is 0.0168. The van der Waals surface area contributed by atoms with Crippen LogP contribution in [0.2, 0.25) is 0 Å². The van der Waals surface area contributed by atoms with E-state index in [4.69, 9.17) is 11.1 Å². The molecule has 0 aliphatic rings. The Morgan fingerprint density at radius 3 is 2.92 bits per heavy atom. The predicted molar refractivity (Wildman–Crippen MR) is 50.6 cm³/mol. The van der Waals surface area contributed by atoms with E-state index < -0.39 is 0 Å². The van der Waals surface area contributed by atoms with Crippen molar-refractivity contribution in [2.45, 2.75) is 23.8 Å². The van der Waals surface area contributed by atoms with Gasteiger partial charge in [-0.25, -0.2) is 4.68 Å². The number of nitrogens with two attached hydrogens (primary N) is 1. The molecule has 3 N–H and O–H groups in total.